The number of carbonyl (C=O) groups is 1. The molecule has 6 heteroatoms. The zero-order chi connectivity index (χ0) is 27.7. The Balaban J connectivity index is 0.000000697. The molecule has 0 unspecified atom stereocenters. The number of hydrogen-bond donors (Lipinski definition) is 5. The second kappa shape index (κ2) is 13.1. The maximum absolute atomic E-state index is 11.8. The molecule has 36 heavy (non-hydrogen) atoms. The number of phenolic OH excluding ortho intramolecular Hbond substituents is 2. The van der Waals surface area contributed by atoms with E-state index in [1.165, 1.54) is 0 Å². The van der Waals surface area contributed by atoms with Crippen LogP contribution in [0.25, 0.3) is 0 Å². The molecule has 0 aliphatic carbocycles. The van der Waals surface area contributed by atoms with Crippen LogP contribution in [0.4, 0.5) is 0 Å². The third-order valence-electron chi connectivity index (χ3n) is 6.45. The molecule has 0 atom stereocenters. The van der Waals surface area contributed by atoms with Crippen LogP contribution in [0, 0.1) is 0 Å². The zero-order valence-electron chi connectivity index (χ0n) is 23.1. The van der Waals surface area contributed by atoms with Gasteiger partial charge in [-0.15, -0.1) is 0 Å². The second-order valence-electron chi connectivity index (χ2n) is 11.7. The molecule has 2 aromatic carbocycles. The van der Waals surface area contributed by atoms with Gasteiger partial charge >= 0.3 is 5.97 Å². The van der Waals surface area contributed by atoms with Gasteiger partial charge in [-0.1, -0.05) is 85.6 Å². The highest BCUT2D eigenvalue weighted by molar-refractivity contribution is 5.71. The highest BCUT2D eigenvalue weighted by Crippen LogP contribution is 2.42. The van der Waals surface area contributed by atoms with Crippen molar-refractivity contribution in [3.63, 3.8) is 0 Å². The van der Waals surface area contributed by atoms with E-state index in [9.17, 15) is 20.1 Å². The lowest BCUT2D eigenvalue weighted by atomic mass is 9.70. The fourth-order valence-corrected chi connectivity index (χ4v) is 4.21. The van der Waals surface area contributed by atoms with Crippen LogP contribution in [-0.2, 0) is 21.0 Å². The second-order valence-corrected chi connectivity index (χ2v) is 11.7. The van der Waals surface area contributed by atoms with E-state index in [1.54, 1.807) is 24.3 Å². The van der Waals surface area contributed by atoms with Gasteiger partial charge in [-0.2, -0.15) is 0 Å². The number of rotatable bonds is 9. The number of hydrogen-bond acceptors (Lipinski definition) is 5. The van der Waals surface area contributed by atoms with Crippen molar-refractivity contribution in [2.75, 3.05) is 13.2 Å². The summed E-state index contributed by atoms with van der Waals surface area (Å²) < 4.78 is 0. The van der Waals surface area contributed by atoms with Crippen LogP contribution >= 0.6 is 0 Å². The van der Waals surface area contributed by atoms with Gasteiger partial charge in [0.2, 0.25) is 0 Å². The Kier molecular flexibility index (Phi) is 11.5. The normalized spacial score (nSPS) is 12.1. The van der Waals surface area contributed by atoms with E-state index in [2.05, 4.69) is 0 Å². The fraction of sp³-hybridized carbons (Fsp3) is 0.567. The molecule has 0 fully saturated rings. The van der Waals surface area contributed by atoms with E-state index >= 15 is 0 Å². The van der Waals surface area contributed by atoms with E-state index < -0.39 is 11.4 Å². The molecular formula is C30H46O6. The van der Waals surface area contributed by atoms with Crippen LogP contribution in [0.2, 0.25) is 0 Å². The Morgan fingerprint density at radius 2 is 1.03 bits per heavy atom. The number of phenols is 2. The molecule has 5 N–H and O–H groups in total. The van der Waals surface area contributed by atoms with Crippen molar-refractivity contribution >= 4 is 5.97 Å². The van der Waals surface area contributed by atoms with Gasteiger partial charge in [-0.3, -0.25) is 4.79 Å². The van der Waals surface area contributed by atoms with Crippen molar-refractivity contribution in [3.8, 4) is 11.5 Å². The van der Waals surface area contributed by atoms with E-state index in [4.69, 9.17) is 10.2 Å². The Labute approximate surface area is 216 Å². The molecule has 0 radical (unpaired) electrons. The SMILES string of the molecule is CC(C)(C)c1cc(C(C)(CC(=O)O)c2ccc(O)c(C(C)(C)C)c2)ccc1O.OCCCCCCO. The monoisotopic (exact) mass is 502 g/mol. The molecule has 202 valence electrons. The standard InChI is InChI=1S/C24H32O4.C6H14O2/c1-22(2,3)17-12-15(8-10-19(17)25)24(7,14-21(27)28)16-9-11-20(26)18(13-16)23(4,5)6;7-5-3-1-2-4-6-8/h8-13,25-26H,14H2,1-7H3,(H,27,28);7-8H,1-6H2. The first-order chi connectivity index (χ1) is 16.6. The van der Waals surface area contributed by atoms with Crippen molar-refractivity contribution in [2.24, 2.45) is 0 Å². The molecule has 0 aliphatic heterocycles. The molecule has 0 bridgehead atoms. The van der Waals surface area contributed by atoms with Gasteiger partial charge in [0.05, 0.1) is 6.42 Å². The lowest BCUT2D eigenvalue weighted by Gasteiger charge is -2.33. The van der Waals surface area contributed by atoms with Gasteiger partial charge in [0, 0.05) is 18.6 Å². The van der Waals surface area contributed by atoms with Gasteiger partial charge < -0.3 is 25.5 Å². The van der Waals surface area contributed by atoms with Gasteiger partial charge in [0.25, 0.3) is 0 Å². The Bertz CT molecular complexity index is 912. The summed E-state index contributed by atoms with van der Waals surface area (Å²) in [5, 5.41) is 46.9. The summed E-state index contributed by atoms with van der Waals surface area (Å²) in [4.78, 5) is 11.8. The van der Waals surface area contributed by atoms with Crippen molar-refractivity contribution in [1.82, 2.24) is 0 Å². The largest absolute Gasteiger partial charge is 0.508 e. The molecule has 0 saturated carbocycles. The number of benzene rings is 2. The van der Waals surface area contributed by atoms with E-state index in [0.717, 1.165) is 47.9 Å². The first-order valence-corrected chi connectivity index (χ1v) is 12.7. The highest BCUT2D eigenvalue weighted by Gasteiger charge is 2.34. The first-order valence-electron chi connectivity index (χ1n) is 12.7. The molecular weight excluding hydrogens is 456 g/mol. The number of unbranched alkanes of at least 4 members (excludes halogenated alkanes) is 3. The van der Waals surface area contributed by atoms with Crippen LogP contribution in [0.3, 0.4) is 0 Å². The van der Waals surface area contributed by atoms with E-state index in [1.807, 2.05) is 60.6 Å². The van der Waals surface area contributed by atoms with Crippen molar-refractivity contribution in [3.05, 3.63) is 58.7 Å². The van der Waals surface area contributed by atoms with Crippen LogP contribution in [-0.4, -0.2) is 44.7 Å². The quantitative estimate of drug-likeness (QED) is 0.268. The molecule has 2 rings (SSSR count). The molecule has 0 spiro atoms. The zero-order valence-corrected chi connectivity index (χ0v) is 23.1. The molecule has 2 aromatic rings. The average Bonchev–Trinajstić information content (AvgIpc) is 2.75. The lowest BCUT2D eigenvalue weighted by Crippen LogP contribution is -2.28. The Morgan fingerprint density at radius 3 is 1.31 bits per heavy atom. The van der Waals surface area contributed by atoms with Gasteiger partial charge in [0.1, 0.15) is 11.5 Å². The number of aliphatic hydroxyl groups is 2. The van der Waals surface area contributed by atoms with Gasteiger partial charge in [-0.05, 0) is 58.1 Å². The van der Waals surface area contributed by atoms with Gasteiger partial charge in [-0.25, -0.2) is 0 Å². The smallest absolute Gasteiger partial charge is 0.304 e. The van der Waals surface area contributed by atoms with Crippen LogP contribution in [0.15, 0.2) is 36.4 Å². The molecule has 0 aromatic heterocycles. The minimum absolute atomic E-state index is 0.101. The maximum Gasteiger partial charge on any atom is 0.304 e. The van der Waals surface area contributed by atoms with Crippen molar-refractivity contribution < 1.29 is 30.3 Å². The third-order valence-corrected chi connectivity index (χ3v) is 6.45. The Hall–Kier alpha value is -2.57. The summed E-state index contributed by atoms with van der Waals surface area (Å²) in [6.07, 6.45) is 3.73. The van der Waals surface area contributed by atoms with Crippen molar-refractivity contribution in [1.29, 1.82) is 0 Å². The maximum atomic E-state index is 11.8. The van der Waals surface area contributed by atoms with Gasteiger partial charge in [0.15, 0.2) is 0 Å². The number of aliphatic carboxylic acids is 1. The van der Waals surface area contributed by atoms with E-state index in [-0.39, 0.29) is 42.0 Å². The lowest BCUT2D eigenvalue weighted by molar-refractivity contribution is -0.138. The number of carboxylic acid groups (broad SMARTS) is 1. The number of aliphatic hydroxyl groups excluding tert-OH is 2. The molecule has 0 saturated heterocycles. The minimum atomic E-state index is -0.904. The first kappa shape index (κ1) is 31.5. The summed E-state index contributed by atoms with van der Waals surface area (Å²) in [5.41, 5.74) is 1.82. The predicted octanol–water partition coefficient (Wildman–Crippen LogP) is 6.00. The van der Waals surface area contributed by atoms with Crippen LogP contribution < -0.4 is 0 Å². The number of aromatic hydroxyl groups is 2. The summed E-state index contributed by atoms with van der Waals surface area (Å²) in [6, 6.07) is 10.7. The fourth-order valence-electron chi connectivity index (χ4n) is 4.21. The van der Waals surface area contributed by atoms with Crippen LogP contribution in [0.1, 0.15) is 103 Å². The summed E-state index contributed by atoms with van der Waals surface area (Å²) >= 11 is 0. The average molecular weight is 503 g/mol. The minimum Gasteiger partial charge on any atom is -0.508 e. The predicted molar refractivity (Wildman–Crippen MR) is 145 cm³/mol. The molecule has 0 amide bonds. The van der Waals surface area contributed by atoms with E-state index in [0.29, 0.717) is 0 Å². The van der Waals surface area contributed by atoms with Crippen molar-refractivity contribution in [2.45, 2.75) is 96.8 Å². The summed E-state index contributed by atoms with van der Waals surface area (Å²) in [7, 11) is 0. The topological polar surface area (TPSA) is 118 Å². The number of carboxylic acids is 1. The van der Waals surface area contributed by atoms with Crippen LogP contribution in [0.5, 0.6) is 11.5 Å². The highest BCUT2D eigenvalue weighted by atomic mass is 16.4. The summed E-state index contributed by atoms with van der Waals surface area (Å²) in [6.45, 7) is 14.5. The third kappa shape index (κ3) is 8.82. The Morgan fingerprint density at radius 1 is 0.667 bits per heavy atom. The molecule has 6 nitrogen and oxygen atoms in total. The summed E-state index contributed by atoms with van der Waals surface area (Å²) in [5.74, 6) is -0.497. The molecule has 0 heterocycles. The molecule has 0 aliphatic rings.